The quantitative estimate of drug-likeness (QED) is 0.355. The van der Waals surface area contributed by atoms with Gasteiger partial charge in [0.2, 0.25) is 0 Å². The summed E-state index contributed by atoms with van der Waals surface area (Å²) in [6.07, 6.45) is 10.3. The van der Waals surface area contributed by atoms with E-state index in [2.05, 4.69) is 28.4 Å². The Morgan fingerprint density at radius 3 is 1.95 bits per heavy atom. The van der Waals surface area contributed by atoms with E-state index in [4.69, 9.17) is 0 Å². The van der Waals surface area contributed by atoms with Crippen LogP contribution < -0.4 is 0 Å². The van der Waals surface area contributed by atoms with Gasteiger partial charge in [-0.3, -0.25) is 4.79 Å². The van der Waals surface area contributed by atoms with Crippen LogP contribution in [0.4, 0.5) is 0 Å². The van der Waals surface area contributed by atoms with Crippen molar-refractivity contribution in [3.8, 4) is 23.7 Å². The van der Waals surface area contributed by atoms with Crippen molar-refractivity contribution in [1.29, 1.82) is 0 Å². The fraction of sp³-hybridized carbons (Fsp3) is 0.706. The van der Waals surface area contributed by atoms with Gasteiger partial charge in [-0.05, 0) is 26.2 Å². The Morgan fingerprint density at radius 2 is 1.37 bits per heavy atom. The molecule has 0 aromatic carbocycles. The van der Waals surface area contributed by atoms with Crippen molar-refractivity contribution < 1.29 is 9.53 Å². The van der Waals surface area contributed by atoms with Gasteiger partial charge in [0.15, 0.2) is 0 Å². The molecule has 0 fully saturated rings. The molecule has 19 heavy (non-hydrogen) atoms. The maximum Gasteiger partial charge on any atom is 0.305 e. The Labute approximate surface area is 118 Å². The number of rotatable bonds is 9. The van der Waals surface area contributed by atoms with E-state index in [-0.39, 0.29) is 5.97 Å². The summed E-state index contributed by atoms with van der Waals surface area (Å²) < 4.78 is 4.56. The number of unbranched alkanes of at least 4 members (excludes halogenated alkanes) is 7. The minimum atomic E-state index is -0.144. The van der Waals surface area contributed by atoms with Gasteiger partial charge in [0.1, 0.15) is 0 Å². The third-order valence-electron chi connectivity index (χ3n) is 2.82. The molecule has 0 unspecified atom stereocenters. The van der Waals surface area contributed by atoms with Gasteiger partial charge in [-0.2, -0.15) is 0 Å². The number of esters is 1. The standard InChI is InChI=1S/C17H26O2/c1-3-4-5-6-7-8-9-10-11-12-13-14-15-16-17(18)19-2/h5-11,14-16H2,1-2H3. The molecule has 2 nitrogen and oxygen atoms in total. The maximum absolute atomic E-state index is 10.8. The fourth-order valence-corrected chi connectivity index (χ4v) is 1.68. The van der Waals surface area contributed by atoms with Crippen molar-refractivity contribution in [2.24, 2.45) is 0 Å². The van der Waals surface area contributed by atoms with Crippen LogP contribution in [0.1, 0.15) is 71.1 Å². The number of hydrogen-bond acceptors (Lipinski definition) is 2. The third kappa shape index (κ3) is 14.5. The second kappa shape index (κ2) is 14.7. The van der Waals surface area contributed by atoms with Crippen molar-refractivity contribution in [3.05, 3.63) is 0 Å². The molecule has 0 radical (unpaired) electrons. The number of hydrogen-bond donors (Lipinski definition) is 0. The van der Waals surface area contributed by atoms with E-state index in [0.717, 1.165) is 25.7 Å². The van der Waals surface area contributed by atoms with E-state index in [9.17, 15) is 4.79 Å². The minimum Gasteiger partial charge on any atom is -0.469 e. The van der Waals surface area contributed by atoms with E-state index in [1.165, 1.54) is 39.2 Å². The highest BCUT2D eigenvalue weighted by Gasteiger charge is 1.96. The Balaban J connectivity index is 3.21. The molecule has 0 aliphatic rings. The second-order valence-electron chi connectivity index (χ2n) is 4.48. The number of methoxy groups -OCH3 is 1. The smallest absolute Gasteiger partial charge is 0.305 e. The molecule has 0 amide bonds. The first-order valence-corrected chi connectivity index (χ1v) is 7.23. The summed E-state index contributed by atoms with van der Waals surface area (Å²) in [7, 11) is 1.42. The van der Waals surface area contributed by atoms with Gasteiger partial charge in [-0.15, -0.1) is 23.7 Å². The summed E-state index contributed by atoms with van der Waals surface area (Å²) in [6, 6.07) is 0. The lowest BCUT2D eigenvalue weighted by molar-refractivity contribution is -0.140. The van der Waals surface area contributed by atoms with Gasteiger partial charge in [-0.1, -0.05) is 19.3 Å². The van der Waals surface area contributed by atoms with E-state index < -0.39 is 0 Å². The van der Waals surface area contributed by atoms with Gasteiger partial charge >= 0.3 is 5.97 Å². The first-order chi connectivity index (χ1) is 9.31. The molecular weight excluding hydrogens is 236 g/mol. The summed E-state index contributed by atoms with van der Waals surface area (Å²) in [5.41, 5.74) is 0. The summed E-state index contributed by atoms with van der Waals surface area (Å²) in [5.74, 6) is 12.1. The Kier molecular flexibility index (Phi) is 13.6. The largest absolute Gasteiger partial charge is 0.469 e. The van der Waals surface area contributed by atoms with Crippen LogP contribution in [0.25, 0.3) is 0 Å². The summed E-state index contributed by atoms with van der Waals surface area (Å²) in [6.45, 7) is 1.89. The summed E-state index contributed by atoms with van der Waals surface area (Å²) >= 11 is 0. The van der Waals surface area contributed by atoms with Crippen LogP contribution in [0.15, 0.2) is 0 Å². The zero-order valence-corrected chi connectivity index (χ0v) is 12.4. The lowest BCUT2D eigenvalue weighted by Crippen LogP contribution is -1.98. The Hall–Kier alpha value is -1.41. The van der Waals surface area contributed by atoms with Gasteiger partial charge in [0, 0.05) is 25.7 Å². The second-order valence-corrected chi connectivity index (χ2v) is 4.48. The zero-order chi connectivity index (χ0) is 14.2. The highest BCUT2D eigenvalue weighted by atomic mass is 16.5. The first-order valence-electron chi connectivity index (χ1n) is 7.23. The molecule has 106 valence electrons. The van der Waals surface area contributed by atoms with Crippen molar-refractivity contribution in [2.75, 3.05) is 7.11 Å². The molecule has 0 saturated heterocycles. The van der Waals surface area contributed by atoms with Crippen LogP contribution in [0.5, 0.6) is 0 Å². The van der Waals surface area contributed by atoms with Crippen molar-refractivity contribution in [2.45, 2.75) is 71.1 Å². The fourth-order valence-electron chi connectivity index (χ4n) is 1.68. The summed E-state index contributed by atoms with van der Waals surface area (Å²) in [5, 5.41) is 0. The van der Waals surface area contributed by atoms with Crippen LogP contribution in [0.2, 0.25) is 0 Å². The predicted octanol–water partition coefficient (Wildman–Crippen LogP) is 4.09. The molecule has 0 spiro atoms. The molecule has 0 saturated carbocycles. The molecule has 0 aromatic heterocycles. The van der Waals surface area contributed by atoms with Gasteiger partial charge in [0.05, 0.1) is 7.11 Å². The van der Waals surface area contributed by atoms with Crippen LogP contribution >= 0.6 is 0 Å². The van der Waals surface area contributed by atoms with E-state index in [1.807, 2.05) is 6.92 Å². The van der Waals surface area contributed by atoms with Crippen molar-refractivity contribution in [3.63, 3.8) is 0 Å². The molecule has 0 rings (SSSR count). The van der Waals surface area contributed by atoms with Gasteiger partial charge in [-0.25, -0.2) is 0 Å². The number of ether oxygens (including phenoxy) is 1. The summed E-state index contributed by atoms with van der Waals surface area (Å²) in [4.78, 5) is 10.8. The number of carbonyl (C=O) groups is 1. The van der Waals surface area contributed by atoms with Crippen molar-refractivity contribution >= 4 is 5.97 Å². The maximum atomic E-state index is 10.8. The molecule has 0 aromatic rings. The lowest BCUT2D eigenvalue weighted by Gasteiger charge is -1.96. The minimum absolute atomic E-state index is 0.144. The molecule has 0 aliphatic heterocycles. The van der Waals surface area contributed by atoms with Crippen LogP contribution in [0.3, 0.4) is 0 Å². The topological polar surface area (TPSA) is 26.3 Å². The van der Waals surface area contributed by atoms with E-state index in [0.29, 0.717) is 6.42 Å². The van der Waals surface area contributed by atoms with Crippen LogP contribution in [-0.2, 0) is 9.53 Å². The van der Waals surface area contributed by atoms with Crippen molar-refractivity contribution in [1.82, 2.24) is 0 Å². The lowest BCUT2D eigenvalue weighted by atomic mass is 10.1. The van der Waals surface area contributed by atoms with Gasteiger partial charge < -0.3 is 4.74 Å². The predicted molar refractivity (Wildman–Crippen MR) is 79.4 cm³/mol. The monoisotopic (exact) mass is 262 g/mol. The average molecular weight is 262 g/mol. The van der Waals surface area contributed by atoms with E-state index in [1.54, 1.807) is 0 Å². The highest BCUT2D eigenvalue weighted by molar-refractivity contribution is 5.69. The van der Waals surface area contributed by atoms with E-state index >= 15 is 0 Å². The highest BCUT2D eigenvalue weighted by Crippen LogP contribution is 2.06. The molecular formula is C17H26O2. The molecule has 0 bridgehead atoms. The van der Waals surface area contributed by atoms with Gasteiger partial charge in [0.25, 0.3) is 0 Å². The molecule has 0 N–H and O–H groups in total. The average Bonchev–Trinajstić information content (AvgIpc) is 2.43. The molecule has 0 heterocycles. The zero-order valence-electron chi connectivity index (χ0n) is 12.4. The molecule has 0 atom stereocenters. The van der Waals surface area contributed by atoms with Crippen LogP contribution in [-0.4, -0.2) is 13.1 Å². The Bertz CT molecular complexity index is 336. The Morgan fingerprint density at radius 1 is 0.842 bits per heavy atom. The molecule has 0 aliphatic carbocycles. The third-order valence-corrected chi connectivity index (χ3v) is 2.82. The first kappa shape index (κ1) is 17.6. The number of carbonyl (C=O) groups excluding carboxylic acids is 1. The normalized spacial score (nSPS) is 8.95. The SMILES string of the molecule is CC#CCCCCCCCC#CCCCC(=O)OC. The van der Waals surface area contributed by atoms with Crippen LogP contribution in [0, 0.1) is 23.7 Å². The molecule has 2 heteroatoms.